The van der Waals surface area contributed by atoms with Crippen LogP contribution < -0.4 is 4.57 Å². The van der Waals surface area contributed by atoms with Crippen molar-refractivity contribution >= 4 is 0 Å². The van der Waals surface area contributed by atoms with E-state index in [0.29, 0.717) is 6.04 Å². The third-order valence-electron chi connectivity index (χ3n) is 2.54. The molecule has 2 heteroatoms. The summed E-state index contributed by atoms with van der Waals surface area (Å²) in [5.41, 5.74) is 2.65. The molecule has 1 N–H and O–H groups in total. The van der Waals surface area contributed by atoms with Crippen LogP contribution in [-0.4, -0.2) is 4.98 Å². The molecule has 0 bridgehead atoms. The topological polar surface area (TPSA) is 19.7 Å². The van der Waals surface area contributed by atoms with Crippen LogP contribution in [0.15, 0.2) is 43.0 Å². The summed E-state index contributed by atoms with van der Waals surface area (Å²) in [5, 5.41) is 0. The molecule has 0 aliphatic carbocycles. The van der Waals surface area contributed by atoms with E-state index in [1.807, 2.05) is 18.7 Å². The van der Waals surface area contributed by atoms with Gasteiger partial charge in [0.15, 0.2) is 0 Å². The van der Waals surface area contributed by atoms with Crippen molar-refractivity contribution in [3.8, 4) is 0 Å². The summed E-state index contributed by atoms with van der Waals surface area (Å²) in [6, 6.07) is 9.01. The first-order chi connectivity index (χ1) is 6.77. The van der Waals surface area contributed by atoms with Crippen molar-refractivity contribution in [2.45, 2.75) is 19.9 Å². The van der Waals surface area contributed by atoms with Gasteiger partial charge in [0.2, 0.25) is 6.33 Å². The molecule has 14 heavy (non-hydrogen) atoms. The minimum absolute atomic E-state index is 0.390. The average Bonchev–Trinajstić information content (AvgIpc) is 2.69. The lowest BCUT2D eigenvalue weighted by atomic mass is 10.1. The molecule has 0 amide bonds. The molecule has 2 nitrogen and oxygen atoms in total. The van der Waals surface area contributed by atoms with Crippen LogP contribution in [-0.2, 0) is 0 Å². The Hall–Kier alpha value is -1.57. The third kappa shape index (κ3) is 1.69. The molecule has 2 rings (SSSR count). The van der Waals surface area contributed by atoms with Gasteiger partial charge in [0, 0.05) is 0 Å². The van der Waals surface area contributed by atoms with Gasteiger partial charge in [-0.3, -0.25) is 4.98 Å². The van der Waals surface area contributed by atoms with E-state index >= 15 is 0 Å². The van der Waals surface area contributed by atoms with E-state index in [0.717, 1.165) is 0 Å². The normalized spacial score (nSPS) is 12.7. The van der Waals surface area contributed by atoms with E-state index in [-0.39, 0.29) is 0 Å². The maximum Gasteiger partial charge on any atom is 0.242 e. The number of aromatic nitrogens is 2. The van der Waals surface area contributed by atoms with Crippen molar-refractivity contribution in [2.75, 3.05) is 0 Å². The lowest BCUT2D eigenvalue weighted by Crippen LogP contribution is -2.35. The largest absolute Gasteiger partial charge is 0.250 e. The van der Waals surface area contributed by atoms with Crippen molar-refractivity contribution in [3.63, 3.8) is 0 Å². The second kappa shape index (κ2) is 3.66. The molecule has 2 aromatic rings. The maximum absolute atomic E-state index is 3.06. The Kier molecular flexibility index (Phi) is 2.35. The van der Waals surface area contributed by atoms with E-state index < -0.39 is 0 Å². The number of aromatic amines is 1. The van der Waals surface area contributed by atoms with Gasteiger partial charge in [-0.05, 0) is 19.4 Å². The van der Waals surface area contributed by atoms with Crippen molar-refractivity contribution in [3.05, 3.63) is 54.1 Å². The fourth-order valence-corrected chi connectivity index (χ4v) is 1.64. The van der Waals surface area contributed by atoms with E-state index in [1.165, 1.54) is 11.1 Å². The van der Waals surface area contributed by atoms with Crippen LogP contribution in [0.2, 0.25) is 0 Å². The summed E-state index contributed by atoms with van der Waals surface area (Å²) in [5.74, 6) is 0. The van der Waals surface area contributed by atoms with Gasteiger partial charge in [-0.15, -0.1) is 0 Å². The molecule has 1 aromatic carbocycles. The van der Waals surface area contributed by atoms with Gasteiger partial charge < -0.3 is 0 Å². The molecule has 1 atom stereocenters. The molecule has 0 radical (unpaired) electrons. The fourth-order valence-electron chi connectivity index (χ4n) is 1.64. The second-order valence-electron chi connectivity index (χ2n) is 3.65. The Labute approximate surface area is 84.2 Å². The van der Waals surface area contributed by atoms with Crippen molar-refractivity contribution in [2.24, 2.45) is 0 Å². The van der Waals surface area contributed by atoms with Crippen LogP contribution in [0.1, 0.15) is 24.1 Å². The van der Waals surface area contributed by atoms with E-state index in [2.05, 4.69) is 47.7 Å². The molecular weight excluding hydrogens is 172 g/mol. The molecule has 0 fully saturated rings. The van der Waals surface area contributed by atoms with Gasteiger partial charge in [-0.1, -0.05) is 29.8 Å². The third-order valence-corrected chi connectivity index (χ3v) is 2.54. The smallest absolute Gasteiger partial charge is 0.242 e. The Morgan fingerprint density at radius 1 is 1.36 bits per heavy atom. The Morgan fingerprint density at radius 2 is 2.21 bits per heavy atom. The second-order valence-corrected chi connectivity index (χ2v) is 3.65. The van der Waals surface area contributed by atoms with E-state index in [4.69, 9.17) is 0 Å². The first-order valence-electron chi connectivity index (χ1n) is 4.87. The van der Waals surface area contributed by atoms with Crippen LogP contribution in [0, 0.1) is 6.92 Å². The Morgan fingerprint density at radius 3 is 2.86 bits per heavy atom. The summed E-state index contributed by atoms with van der Waals surface area (Å²) >= 11 is 0. The van der Waals surface area contributed by atoms with Gasteiger partial charge >= 0.3 is 0 Å². The number of nitrogens with one attached hydrogen (secondary N) is 1. The number of imidazole rings is 1. The fraction of sp³-hybridized carbons (Fsp3) is 0.250. The van der Waals surface area contributed by atoms with E-state index in [9.17, 15) is 0 Å². The number of hydrogen-bond donors (Lipinski definition) is 1. The lowest BCUT2D eigenvalue weighted by Gasteiger charge is -2.08. The lowest BCUT2D eigenvalue weighted by molar-refractivity contribution is -0.709. The van der Waals surface area contributed by atoms with Gasteiger partial charge in [-0.25, -0.2) is 4.57 Å². The van der Waals surface area contributed by atoms with Crippen LogP contribution in [0.25, 0.3) is 0 Å². The Bertz CT molecular complexity index is 404. The van der Waals surface area contributed by atoms with E-state index in [1.54, 1.807) is 0 Å². The molecule has 0 aliphatic heterocycles. The van der Waals surface area contributed by atoms with Crippen LogP contribution >= 0.6 is 0 Å². The first-order valence-corrected chi connectivity index (χ1v) is 4.87. The summed E-state index contributed by atoms with van der Waals surface area (Å²) in [4.78, 5) is 3.06. The highest BCUT2D eigenvalue weighted by Gasteiger charge is 2.11. The SMILES string of the molecule is Cc1cccc(C(C)[n+]2cc[nH]c2)c1. The highest BCUT2D eigenvalue weighted by molar-refractivity contribution is 5.23. The van der Waals surface area contributed by atoms with Crippen LogP contribution in [0.4, 0.5) is 0 Å². The van der Waals surface area contributed by atoms with Crippen LogP contribution in [0.3, 0.4) is 0 Å². The summed E-state index contributed by atoms with van der Waals surface area (Å²) in [6.45, 7) is 4.32. The van der Waals surface area contributed by atoms with Crippen molar-refractivity contribution in [1.29, 1.82) is 0 Å². The zero-order valence-electron chi connectivity index (χ0n) is 8.57. The average molecular weight is 187 g/mol. The van der Waals surface area contributed by atoms with Crippen molar-refractivity contribution < 1.29 is 4.57 Å². The molecule has 1 aromatic heterocycles. The molecular formula is C12H15N2+. The number of benzene rings is 1. The Balaban J connectivity index is 2.32. The minimum atomic E-state index is 0.390. The molecule has 72 valence electrons. The first kappa shape index (κ1) is 9.00. The zero-order chi connectivity index (χ0) is 9.97. The molecule has 0 saturated heterocycles. The molecule has 0 aliphatic rings. The monoisotopic (exact) mass is 187 g/mol. The standard InChI is InChI=1S/C12H14N2/c1-10-4-3-5-12(8-10)11(2)14-7-6-13-9-14/h3-9,11H,1-2H3/p+1. The predicted molar refractivity (Wildman–Crippen MR) is 56.0 cm³/mol. The highest BCUT2D eigenvalue weighted by Crippen LogP contribution is 2.12. The van der Waals surface area contributed by atoms with Crippen LogP contribution in [0.5, 0.6) is 0 Å². The maximum atomic E-state index is 3.06. The number of aryl methyl sites for hydroxylation is 1. The predicted octanol–water partition coefficient (Wildman–Crippen LogP) is 2.22. The van der Waals surface area contributed by atoms with Gasteiger partial charge in [0.25, 0.3) is 0 Å². The van der Waals surface area contributed by atoms with Gasteiger partial charge in [0.05, 0.1) is 0 Å². The highest BCUT2D eigenvalue weighted by atomic mass is 15.0. The summed E-state index contributed by atoms with van der Waals surface area (Å²) in [6.07, 6.45) is 5.96. The van der Waals surface area contributed by atoms with Crippen molar-refractivity contribution in [1.82, 2.24) is 4.98 Å². The number of H-pyrrole nitrogens is 1. The molecule has 0 spiro atoms. The molecule has 1 heterocycles. The minimum Gasteiger partial charge on any atom is -0.250 e. The molecule has 0 saturated carbocycles. The number of hydrogen-bond acceptors (Lipinski definition) is 0. The summed E-state index contributed by atoms with van der Waals surface area (Å²) in [7, 11) is 0. The van der Waals surface area contributed by atoms with Gasteiger partial charge in [0.1, 0.15) is 18.4 Å². The number of nitrogens with zero attached hydrogens (tertiary/aromatic N) is 1. The van der Waals surface area contributed by atoms with Gasteiger partial charge in [-0.2, -0.15) is 0 Å². The quantitative estimate of drug-likeness (QED) is 0.696. The summed E-state index contributed by atoms with van der Waals surface area (Å²) < 4.78 is 2.16. The number of rotatable bonds is 2. The molecule has 1 unspecified atom stereocenters. The zero-order valence-corrected chi connectivity index (χ0v) is 8.57.